The van der Waals surface area contributed by atoms with E-state index in [9.17, 15) is 14.9 Å². The molecule has 0 unspecified atom stereocenters. The predicted octanol–water partition coefficient (Wildman–Crippen LogP) is 7.87. The van der Waals surface area contributed by atoms with Crippen LogP contribution in [0, 0.1) is 10.1 Å². The number of non-ortho nitro benzene ring substituents is 1. The molecule has 0 aliphatic rings. The second-order valence-electron chi connectivity index (χ2n) is 8.57. The van der Waals surface area contributed by atoms with Gasteiger partial charge < -0.3 is 14.5 Å². The standard InChI is InChI=1S/C27H22Br2N2O5/c1-27(2,17-6-4-3-5-7-17)18-8-10-20(11-9-18)35-16-21-12-13-24(36-21)26(32)30-25-22(28)14-19(31(33)34)15-23(25)29/h3-15H,16H2,1-2H3,(H,30,32). The van der Waals surface area contributed by atoms with E-state index in [1.165, 1.54) is 23.3 Å². The Balaban J connectivity index is 1.38. The average Bonchev–Trinajstić information content (AvgIpc) is 3.35. The molecule has 0 bridgehead atoms. The molecule has 3 aromatic carbocycles. The summed E-state index contributed by atoms with van der Waals surface area (Å²) in [5.41, 5.74) is 2.50. The smallest absolute Gasteiger partial charge is 0.291 e. The summed E-state index contributed by atoms with van der Waals surface area (Å²) in [4.78, 5) is 23.1. The highest BCUT2D eigenvalue weighted by Gasteiger charge is 2.23. The molecule has 0 saturated carbocycles. The van der Waals surface area contributed by atoms with Gasteiger partial charge in [0.1, 0.15) is 18.1 Å². The van der Waals surface area contributed by atoms with Gasteiger partial charge in [-0.05, 0) is 67.3 Å². The summed E-state index contributed by atoms with van der Waals surface area (Å²) in [5.74, 6) is 0.758. The van der Waals surface area contributed by atoms with E-state index in [0.29, 0.717) is 26.1 Å². The summed E-state index contributed by atoms with van der Waals surface area (Å²) >= 11 is 6.51. The van der Waals surface area contributed by atoms with Crippen LogP contribution < -0.4 is 10.1 Å². The van der Waals surface area contributed by atoms with Crippen molar-refractivity contribution in [3.8, 4) is 5.75 Å². The van der Waals surface area contributed by atoms with E-state index >= 15 is 0 Å². The molecule has 1 amide bonds. The number of rotatable bonds is 8. The van der Waals surface area contributed by atoms with Gasteiger partial charge >= 0.3 is 0 Å². The molecule has 184 valence electrons. The first kappa shape index (κ1) is 25.7. The van der Waals surface area contributed by atoms with Crippen LogP contribution in [-0.4, -0.2) is 10.8 Å². The van der Waals surface area contributed by atoms with Crippen LogP contribution in [0.3, 0.4) is 0 Å². The summed E-state index contributed by atoms with van der Waals surface area (Å²) in [6, 6.07) is 24.1. The van der Waals surface area contributed by atoms with Gasteiger partial charge in [-0.1, -0.05) is 56.3 Å². The predicted molar refractivity (Wildman–Crippen MR) is 145 cm³/mol. The molecule has 0 aliphatic carbocycles. The Kier molecular flexibility index (Phi) is 7.61. The van der Waals surface area contributed by atoms with Gasteiger partial charge in [-0.25, -0.2) is 0 Å². The molecule has 0 spiro atoms. The van der Waals surface area contributed by atoms with Crippen molar-refractivity contribution in [2.45, 2.75) is 25.9 Å². The number of carbonyl (C=O) groups is 1. The monoisotopic (exact) mass is 612 g/mol. The highest BCUT2D eigenvalue weighted by molar-refractivity contribution is 9.11. The van der Waals surface area contributed by atoms with Crippen LogP contribution in [-0.2, 0) is 12.0 Å². The lowest BCUT2D eigenvalue weighted by Crippen LogP contribution is -2.18. The number of amides is 1. The van der Waals surface area contributed by atoms with Gasteiger partial charge in [0, 0.05) is 26.5 Å². The minimum atomic E-state index is -0.516. The number of hydrogen-bond donors (Lipinski definition) is 1. The Morgan fingerprint density at radius 2 is 1.58 bits per heavy atom. The highest BCUT2D eigenvalue weighted by Crippen LogP contribution is 2.36. The first-order valence-corrected chi connectivity index (χ1v) is 12.6. The molecule has 7 nitrogen and oxygen atoms in total. The van der Waals surface area contributed by atoms with Crippen LogP contribution in [0.15, 0.2) is 92.2 Å². The van der Waals surface area contributed by atoms with E-state index < -0.39 is 10.8 Å². The maximum Gasteiger partial charge on any atom is 0.291 e. The quantitative estimate of drug-likeness (QED) is 0.161. The number of anilines is 1. The Morgan fingerprint density at radius 1 is 0.972 bits per heavy atom. The van der Waals surface area contributed by atoms with Crippen molar-refractivity contribution in [1.82, 2.24) is 0 Å². The number of benzene rings is 3. The molecule has 1 heterocycles. The third-order valence-electron chi connectivity index (χ3n) is 5.81. The summed E-state index contributed by atoms with van der Waals surface area (Å²) in [6.45, 7) is 4.52. The van der Waals surface area contributed by atoms with Crippen LogP contribution in [0.25, 0.3) is 0 Å². The van der Waals surface area contributed by atoms with Crippen molar-refractivity contribution in [2.24, 2.45) is 0 Å². The summed E-state index contributed by atoms with van der Waals surface area (Å²) < 4.78 is 12.2. The molecule has 36 heavy (non-hydrogen) atoms. The number of hydrogen-bond acceptors (Lipinski definition) is 5. The number of nitrogens with zero attached hydrogens (tertiary/aromatic N) is 1. The van der Waals surface area contributed by atoms with Crippen molar-refractivity contribution in [3.63, 3.8) is 0 Å². The molecule has 0 saturated heterocycles. The molecule has 4 rings (SSSR count). The van der Waals surface area contributed by atoms with Gasteiger partial charge in [0.25, 0.3) is 11.6 Å². The highest BCUT2D eigenvalue weighted by atomic mass is 79.9. The molecular weight excluding hydrogens is 592 g/mol. The number of ether oxygens (including phenoxy) is 1. The van der Waals surface area contributed by atoms with Crippen molar-refractivity contribution in [1.29, 1.82) is 0 Å². The van der Waals surface area contributed by atoms with E-state index in [1.54, 1.807) is 12.1 Å². The number of nitro groups is 1. The molecule has 1 N–H and O–H groups in total. The van der Waals surface area contributed by atoms with Gasteiger partial charge in [0.2, 0.25) is 0 Å². The van der Waals surface area contributed by atoms with E-state index in [0.717, 1.165) is 0 Å². The van der Waals surface area contributed by atoms with Crippen LogP contribution in [0.5, 0.6) is 5.75 Å². The van der Waals surface area contributed by atoms with Gasteiger partial charge in [-0.15, -0.1) is 0 Å². The lowest BCUT2D eigenvalue weighted by molar-refractivity contribution is -0.385. The van der Waals surface area contributed by atoms with E-state index in [4.69, 9.17) is 9.15 Å². The number of carbonyl (C=O) groups excluding carboxylic acids is 1. The molecular formula is C27H22Br2N2O5. The van der Waals surface area contributed by atoms with Crippen LogP contribution >= 0.6 is 31.9 Å². The second kappa shape index (κ2) is 10.7. The Bertz CT molecular complexity index is 1380. The molecule has 1 aromatic heterocycles. The topological polar surface area (TPSA) is 94.6 Å². The largest absolute Gasteiger partial charge is 0.486 e. The molecule has 0 fully saturated rings. The van der Waals surface area contributed by atoms with Gasteiger partial charge in [0.15, 0.2) is 5.76 Å². The van der Waals surface area contributed by atoms with Crippen LogP contribution in [0.1, 0.15) is 41.3 Å². The summed E-state index contributed by atoms with van der Waals surface area (Å²) in [6.07, 6.45) is 0. The Morgan fingerprint density at radius 3 is 2.19 bits per heavy atom. The van der Waals surface area contributed by atoms with Crippen LogP contribution in [0.2, 0.25) is 0 Å². The number of furan rings is 1. The molecule has 0 aliphatic heterocycles. The molecule has 4 aromatic rings. The fourth-order valence-electron chi connectivity index (χ4n) is 3.68. The van der Waals surface area contributed by atoms with E-state index in [2.05, 4.69) is 63.2 Å². The summed E-state index contributed by atoms with van der Waals surface area (Å²) in [5, 5.41) is 13.7. The summed E-state index contributed by atoms with van der Waals surface area (Å²) in [7, 11) is 0. The maximum absolute atomic E-state index is 12.7. The minimum Gasteiger partial charge on any atom is -0.486 e. The van der Waals surface area contributed by atoms with Crippen molar-refractivity contribution >= 4 is 49.1 Å². The number of nitrogens with one attached hydrogen (secondary N) is 1. The minimum absolute atomic E-state index is 0.0886. The van der Waals surface area contributed by atoms with Gasteiger partial charge in [-0.2, -0.15) is 0 Å². The first-order chi connectivity index (χ1) is 17.1. The zero-order valence-electron chi connectivity index (χ0n) is 19.5. The fourth-order valence-corrected chi connectivity index (χ4v) is 5.04. The zero-order valence-corrected chi connectivity index (χ0v) is 22.6. The second-order valence-corrected chi connectivity index (χ2v) is 10.3. The lowest BCUT2D eigenvalue weighted by atomic mass is 9.78. The van der Waals surface area contributed by atoms with Crippen molar-refractivity contribution in [3.05, 3.63) is 121 Å². The average molecular weight is 614 g/mol. The zero-order chi connectivity index (χ0) is 25.9. The Labute approximate surface area is 224 Å². The lowest BCUT2D eigenvalue weighted by Gasteiger charge is -2.26. The molecule has 0 radical (unpaired) electrons. The SMILES string of the molecule is CC(C)(c1ccccc1)c1ccc(OCc2ccc(C(=O)Nc3c(Br)cc([N+](=O)[O-])cc3Br)o2)cc1. The van der Waals surface area contributed by atoms with Gasteiger partial charge in [0.05, 0.1) is 10.6 Å². The molecule has 9 heteroatoms. The third-order valence-corrected chi connectivity index (χ3v) is 7.07. The fraction of sp³-hybridized carbons (Fsp3) is 0.148. The molecule has 0 atom stereocenters. The van der Waals surface area contributed by atoms with E-state index in [-0.39, 0.29) is 23.5 Å². The third kappa shape index (κ3) is 5.68. The van der Waals surface area contributed by atoms with Crippen molar-refractivity contribution < 1.29 is 18.9 Å². The normalized spacial score (nSPS) is 11.2. The van der Waals surface area contributed by atoms with E-state index in [1.807, 2.05) is 42.5 Å². The first-order valence-electron chi connectivity index (χ1n) is 11.0. The van der Waals surface area contributed by atoms with Gasteiger partial charge in [-0.3, -0.25) is 14.9 Å². The number of nitro benzene ring substituents is 1. The maximum atomic E-state index is 12.7. The number of halogens is 2. The van der Waals surface area contributed by atoms with Crippen molar-refractivity contribution in [2.75, 3.05) is 5.32 Å². The van der Waals surface area contributed by atoms with Crippen LogP contribution in [0.4, 0.5) is 11.4 Å². The Hall–Kier alpha value is -3.43.